The molecule has 0 saturated heterocycles. The Balaban J connectivity index is 2.15. The van der Waals surface area contributed by atoms with Gasteiger partial charge in [-0.05, 0) is 37.3 Å². The number of aryl methyl sites for hydroxylation is 2. The molecule has 0 unspecified atom stereocenters. The summed E-state index contributed by atoms with van der Waals surface area (Å²) in [5.41, 5.74) is 4.17. The molecule has 0 N–H and O–H groups in total. The Labute approximate surface area is 115 Å². The van der Waals surface area contributed by atoms with Gasteiger partial charge in [0.05, 0.1) is 5.02 Å². The summed E-state index contributed by atoms with van der Waals surface area (Å²) in [7, 11) is 0. The number of fused-ring (bicyclic) bond motifs is 2. The highest BCUT2D eigenvalue weighted by atomic mass is 35.5. The minimum absolute atomic E-state index is 0.360. The molecule has 2 aliphatic heterocycles. The summed E-state index contributed by atoms with van der Waals surface area (Å²) < 4.78 is 5.45. The van der Waals surface area contributed by atoms with E-state index in [0.717, 1.165) is 37.7 Å². The highest BCUT2D eigenvalue weighted by Crippen LogP contribution is 2.40. The van der Waals surface area contributed by atoms with E-state index in [0.29, 0.717) is 10.6 Å². The van der Waals surface area contributed by atoms with Crippen LogP contribution in [0.4, 0.5) is 5.69 Å². The quantitative estimate of drug-likeness (QED) is 0.693. The van der Waals surface area contributed by atoms with Crippen molar-refractivity contribution in [2.24, 2.45) is 0 Å². The number of nitrogens with zero attached hydrogens (tertiary/aromatic N) is 1. The van der Waals surface area contributed by atoms with Gasteiger partial charge in [0.1, 0.15) is 5.58 Å². The molecular weight excluding hydrogens is 262 g/mol. The molecule has 0 aliphatic carbocycles. The average molecular weight is 276 g/mol. The highest BCUT2D eigenvalue weighted by molar-refractivity contribution is 6.35. The normalized spacial score (nSPS) is 17.6. The Morgan fingerprint density at radius 1 is 1.16 bits per heavy atom. The molecule has 2 aliphatic rings. The number of rotatable bonds is 0. The van der Waals surface area contributed by atoms with E-state index in [1.54, 1.807) is 0 Å². The van der Waals surface area contributed by atoms with E-state index in [4.69, 9.17) is 16.0 Å². The van der Waals surface area contributed by atoms with E-state index >= 15 is 0 Å². The molecule has 0 radical (unpaired) electrons. The van der Waals surface area contributed by atoms with Gasteiger partial charge >= 0.3 is 5.63 Å². The van der Waals surface area contributed by atoms with Crippen LogP contribution in [-0.2, 0) is 12.8 Å². The third-order valence-electron chi connectivity index (χ3n) is 4.18. The van der Waals surface area contributed by atoms with Gasteiger partial charge in [0, 0.05) is 35.8 Å². The molecule has 0 amide bonds. The minimum Gasteiger partial charge on any atom is -0.422 e. The van der Waals surface area contributed by atoms with Crippen molar-refractivity contribution < 1.29 is 4.42 Å². The highest BCUT2D eigenvalue weighted by Gasteiger charge is 2.27. The Bertz CT molecular complexity index is 733. The van der Waals surface area contributed by atoms with Crippen LogP contribution < -0.4 is 10.5 Å². The van der Waals surface area contributed by atoms with Gasteiger partial charge in [-0.3, -0.25) is 0 Å². The third kappa shape index (κ3) is 1.61. The van der Waals surface area contributed by atoms with Crippen LogP contribution in [0.25, 0.3) is 11.0 Å². The van der Waals surface area contributed by atoms with Crippen LogP contribution in [-0.4, -0.2) is 13.1 Å². The number of hydrogen-bond donors (Lipinski definition) is 0. The Hall–Kier alpha value is -1.48. The maximum absolute atomic E-state index is 11.6. The molecular formula is C15H14ClNO2. The number of benzene rings is 1. The van der Waals surface area contributed by atoms with Gasteiger partial charge in [0.15, 0.2) is 0 Å². The smallest absolute Gasteiger partial charge is 0.337 e. The van der Waals surface area contributed by atoms with E-state index in [9.17, 15) is 4.79 Å². The number of hydrogen-bond acceptors (Lipinski definition) is 3. The first-order chi connectivity index (χ1) is 9.24. The van der Waals surface area contributed by atoms with Crippen molar-refractivity contribution in [1.82, 2.24) is 0 Å². The van der Waals surface area contributed by atoms with Crippen LogP contribution in [0.5, 0.6) is 0 Å². The van der Waals surface area contributed by atoms with Gasteiger partial charge in [-0.15, -0.1) is 0 Å². The molecule has 98 valence electrons. The summed E-state index contributed by atoms with van der Waals surface area (Å²) in [6.07, 6.45) is 4.36. The molecule has 19 heavy (non-hydrogen) atoms. The molecule has 0 bridgehead atoms. The number of anilines is 1. The fourth-order valence-electron chi connectivity index (χ4n) is 3.44. The second-order valence-electron chi connectivity index (χ2n) is 5.35. The van der Waals surface area contributed by atoms with Gasteiger partial charge in [0.25, 0.3) is 0 Å². The van der Waals surface area contributed by atoms with Gasteiger partial charge in [0.2, 0.25) is 0 Å². The molecule has 4 rings (SSSR count). The Kier molecular flexibility index (Phi) is 2.39. The molecule has 1 aromatic heterocycles. The first-order valence-corrected chi connectivity index (χ1v) is 7.15. The molecule has 1 aromatic carbocycles. The Morgan fingerprint density at radius 2 is 1.95 bits per heavy atom. The summed E-state index contributed by atoms with van der Waals surface area (Å²) in [5, 5.41) is 1.40. The van der Waals surface area contributed by atoms with Crippen LogP contribution in [0.15, 0.2) is 21.3 Å². The van der Waals surface area contributed by atoms with E-state index in [-0.39, 0.29) is 5.63 Å². The molecule has 0 atom stereocenters. The zero-order valence-corrected chi connectivity index (χ0v) is 11.3. The van der Waals surface area contributed by atoms with E-state index in [2.05, 4.69) is 11.0 Å². The minimum atomic E-state index is -0.360. The summed E-state index contributed by atoms with van der Waals surface area (Å²) in [5.74, 6) is 0. The van der Waals surface area contributed by atoms with Gasteiger partial charge in [-0.2, -0.15) is 0 Å². The maximum atomic E-state index is 11.6. The molecule has 0 saturated carbocycles. The van der Waals surface area contributed by atoms with Crippen LogP contribution >= 0.6 is 11.6 Å². The third-order valence-corrected chi connectivity index (χ3v) is 4.49. The van der Waals surface area contributed by atoms with Crippen molar-refractivity contribution in [1.29, 1.82) is 0 Å². The van der Waals surface area contributed by atoms with E-state index < -0.39 is 0 Å². The second-order valence-corrected chi connectivity index (χ2v) is 5.75. The first-order valence-electron chi connectivity index (χ1n) is 6.77. The molecule has 0 fully saturated rings. The SMILES string of the molecule is O=c1cc(Cl)c2cc3c4c(c2o1)CCCN4CCC3. The van der Waals surface area contributed by atoms with Crippen molar-refractivity contribution in [2.45, 2.75) is 25.7 Å². The zero-order chi connectivity index (χ0) is 13.0. The monoisotopic (exact) mass is 275 g/mol. The molecule has 3 nitrogen and oxygen atoms in total. The fourth-order valence-corrected chi connectivity index (χ4v) is 3.67. The molecule has 4 heteroatoms. The van der Waals surface area contributed by atoms with Crippen molar-refractivity contribution >= 4 is 28.3 Å². The second kappa shape index (κ2) is 4.01. The van der Waals surface area contributed by atoms with Gasteiger partial charge in [-0.1, -0.05) is 11.6 Å². The van der Waals surface area contributed by atoms with Crippen molar-refractivity contribution in [3.63, 3.8) is 0 Å². The maximum Gasteiger partial charge on any atom is 0.337 e. The van der Waals surface area contributed by atoms with Crippen molar-refractivity contribution in [3.05, 3.63) is 38.7 Å². The summed E-state index contributed by atoms with van der Waals surface area (Å²) >= 11 is 6.21. The standard InChI is InChI=1S/C15H14ClNO2/c16-12-8-13(18)19-15-10-4-2-6-17-5-1-3-9(14(10)17)7-11(12)15/h7-8H,1-6H2. The lowest BCUT2D eigenvalue weighted by molar-refractivity contribution is 0.549. The van der Waals surface area contributed by atoms with Crippen LogP contribution in [0.1, 0.15) is 24.0 Å². The molecule has 3 heterocycles. The van der Waals surface area contributed by atoms with Crippen molar-refractivity contribution in [3.8, 4) is 0 Å². The lowest BCUT2D eigenvalue weighted by atomic mass is 9.90. The zero-order valence-electron chi connectivity index (χ0n) is 10.5. The summed E-state index contributed by atoms with van der Waals surface area (Å²) in [6.45, 7) is 2.21. The lowest BCUT2D eigenvalue weighted by Gasteiger charge is -2.37. The fraction of sp³-hybridized carbons (Fsp3) is 0.400. The van der Waals surface area contributed by atoms with Crippen LogP contribution in [0, 0.1) is 0 Å². The van der Waals surface area contributed by atoms with Crippen LogP contribution in [0.2, 0.25) is 5.02 Å². The van der Waals surface area contributed by atoms with Crippen LogP contribution in [0.3, 0.4) is 0 Å². The topological polar surface area (TPSA) is 33.5 Å². The molecule has 2 aromatic rings. The largest absolute Gasteiger partial charge is 0.422 e. The predicted molar refractivity (Wildman–Crippen MR) is 76.3 cm³/mol. The Morgan fingerprint density at radius 3 is 2.79 bits per heavy atom. The van der Waals surface area contributed by atoms with Crippen molar-refractivity contribution in [2.75, 3.05) is 18.0 Å². The number of halogens is 1. The van der Waals surface area contributed by atoms with Gasteiger partial charge < -0.3 is 9.32 Å². The van der Waals surface area contributed by atoms with Gasteiger partial charge in [-0.25, -0.2) is 4.79 Å². The summed E-state index contributed by atoms with van der Waals surface area (Å²) in [6, 6.07) is 3.48. The lowest BCUT2D eigenvalue weighted by Crippen LogP contribution is -2.34. The first kappa shape index (κ1) is 11.4. The molecule has 0 spiro atoms. The average Bonchev–Trinajstić information content (AvgIpc) is 2.41. The summed E-state index contributed by atoms with van der Waals surface area (Å²) in [4.78, 5) is 14.0. The van der Waals surface area contributed by atoms with E-state index in [1.807, 2.05) is 0 Å². The predicted octanol–water partition coefficient (Wildman–Crippen LogP) is 3.15. The van der Waals surface area contributed by atoms with E-state index in [1.165, 1.54) is 29.3 Å².